The highest BCUT2D eigenvalue weighted by Gasteiger charge is 2.43. The number of amides is 3. The van der Waals surface area contributed by atoms with Crippen LogP contribution in [0.4, 0.5) is 10.5 Å². The third-order valence-corrected chi connectivity index (χ3v) is 7.62. The Morgan fingerprint density at radius 1 is 1.13 bits per heavy atom. The van der Waals surface area contributed by atoms with Gasteiger partial charge in [-0.05, 0) is 74.8 Å². The zero-order valence-corrected chi connectivity index (χ0v) is 23.7. The summed E-state index contributed by atoms with van der Waals surface area (Å²) in [5.41, 5.74) is 4.19. The van der Waals surface area contributed by atoms with E-state index in [1.165, 1.54) is 0 Å². The van der Waals surface area contributed by atoms with E-state index in [4.69, 9.17) is 4.74 Å². The molecule has 0 saturated carbocycles. The molecule has 2 aliphatic rings. The summed E-state index contributed by atoms with van der Waals surface area (Å²) >= 11 is 0. The van der Waals surface area contributed by atoms with Gasteiger partial charge in [-0.3, -0.25) is 14.5 Å². The van der Waals surface area contributed by atoms with Crippen molar-refractivity contribution in [3.05, 3.63) is 53.6 Å². The van der Waals surface area contributed by atoms with Crippen molar-refractivity contribution in [1.82, 2.24) is 10.2 Å². The largest absolute Gasteiger partial charge is 0.444 e. The highest BCUT2D eigenvalue weighted by atomic mass is 16.6. The number of hydrogen-bond acceptors (Lipinski definition) is 5. The lowest BCUT2D eigenvalue weighted by Gasteiger charge is -2.43. The number of piperidine rings is 1. The Bertz CT molecular complexity index is 1290. The fourth-order valence-corrected chi connectivity index (χ4v) is 5.53. The van der Waals surface area contributed by atoms with Crippen molar-refractivity contribution >= 4 is 23.6 Å². The van der Waals surface area contributed by atoms with E-state index in [9.17, 15) is 19.6 Å². The van der Waals surface area contributed by atoms with Crippen molar-refractivity contribution in [1.29, 1.82) is 5.26 Å². The van der Waals surface area contributed by atoms with Gasteiger partial charge in [0.2, 0.25) is 11.8 Å². The van der Waals surface area contributed by atoms with Gasteiger partial charge in [0.1, 0.15) is 17.7 Å². The number of rotatable bonds is 5. The van der Waals surface area contributed by atoms with Crippen molar-refractivity contribution in [2.24, 2.45) is 5.92 Å². The predicted molar refractivity (Wildman–Crippen MR) is 150 cm³/mol. The molecule has 2 aliphatic heterocycles. The second-order valence-electron chi connectivity index (χ2n) is 11.8. The molecule has 2 aromatic carbocycles. The third-order valence-electron chi connectivity index (χ3n) is 7.62. The summed E-state index contributed by atoms with van der Waals surface area (Å²) in [7, 11) is 1.79. The minimum atomic E-state index is -0.750. The lowest BCUT2D eigenvalue weighted by atomic mass is 9.86. The third kappa shape index (κ3) is 6.08. The van der Waals surface area contributed by atoms with Gasteiger partial charge in [0, 0.05) is 25.2 Å². The molecule has 2 aromatic rings. The standard InChI is InChI=1S/C31H38N4O4/c1-19-10-11-20(2)35(30(38)39-31(3,4)5)28(19)29(37)33-23(18-32)16-21-12-14-22(15-13-21)24-8-7-9-26-25(24)17-27(36)34(26)6/h7-9,12-15,19-20,23,28H,10-11,16-17H2,1-6H3,(H,33,37)/t19-,20+,23+,28+/m1/s1. The van der Waals surface area contributed by atoms with Gasteiger partial charge >= 0.3 is 6.09 Å². The monoisotopic (exact) mass is 530 g/mol. The molecule has 0 radical (unpaired) electrons. The van der Waals surface area contributed by atoms with E-state index in [2.05, 4.69) is 11.4 Å². The lowest BCUT2D eigenvalue weighted by Crippen LogP contribution is -2.60. The predicted octanol–water partition coefficient (Wildman–Crippen LogP) is 4.85. The van der Waals surface area contributed by atoms with Gasteiger partial charge in [-0.2, -0.15) is 5.26 Å². The van der Waals surface area contributed by atoms with Crippen LogP contribution < -0.4 is 10.2 Å². The van der Waals surface area contributed by atoms with Crippen LogP contribution in [0, 0.1) is 17.2 Å². The van der Waals surface area contributed by atoms with Crippen molar-refractivity contribution in [3.8, 4) is 17.2 Å². The van der Waals surface area contributed by atoms with Crippen molar-refractivity contribution in [3.63, 3.8) is 0 Å². The van der Waals surface area contributed by atoms with Crippen molar-refractivity contribution < 1.29 is 19.1 Å². The van der Waals surface area contributed by atoms with Crippen LogP contribution in [-0.4, -0.2) is 53.6 Å². The summed E-state index contributed by atoms with van der Waals surface area (Å²) in [6.07, 6.45) is 1.80. The molecule has 4 rings (SSSR count). The average molecular weight is 531 g/mol. The summed E-state index contributed by atoms with van der Waals surface area (Å²) in [4.78, 5) is 41.9. The number of nitrogens with zero attached hydrogens (tertiary/aromatic N) is 3. The minimum Gasteiger partial charge on any atom is -0.444 e. The molecule has 2 heterocycles. The number of carbonyl (C=O) groups is 3. The summed E-state index contributed by atoms with van der Waals surface area (Å²) < 4.78 is 5.61. The van der Waals surface area contributed by atoms with Crippen LogP contribution in [0.5, 0.6) is 0 Å². The number of nitriles is 1. The maximum atomic E-state index is 13.5. The minimum absolute atomic E-state index is 0.0640. The number of carbonyl (C=O) groups excluding carboxylic acids is 3. The van der Waals surface area contributed by atoms with E-state index in [0.717, 1.165) is 40.8 Å². The lowest BCUT2D eigenvalue weighted by molar-refractivity contribution is -0.131. The van der Waals surface area contributed by atoms with E-state index in [1.54, 1.807) is 37.6 Å². The van der Waals surface area contributed by atoms with Crippen LogP contribution in [0.25, 0.3) is 11.1 Å². The first kappa shape index (κ1) is 28.2. The first-order valence-electron chi connectivity index (χ1n) is 13.6. The van der Waals surface area contributed by atoms with Gasteiger partial charge in [-0.15, -0.1) is 0 Å². The normalized spacial score (nSPS) is 21.7. The second kappa shape index (κ2) is 11.1. The quantitative estimate of drug-likeness (QED) is 0.596. The molecule has 8 heteroatoms. The fraction of sp³-hybridized carbons (Fsp3) is 0.484. The van der Waals surface area contributed by atoms with E-state index >= 15 is 0 Å². The zero-order chi connectivity index (χ0) is 28.5. The maximum Gasteiger partial charge on any atom is 0.411 e. The number of hydrogen-bond donors (Lipinski definition) is 1. The fourth-order valence-electron chi connectivity index (χ4n) is 5.53. The zero-order valence-electron chi connectivity index (χ0n) is 23.7. The molecule has 1 N–H and O–H groups in total. The molecule has 8 nitrogen and oxygen atoms in total. The first-order valence-corrected chi connectivity index (χ1v) is 13.6. The molecular weight excluding hydrogens is 492 g/mol. The average Bonchev–Trinajstić information content (AvgIpc) is 3.17. The Labute approximate surface area is 230 Å². The molecule has 0 unspecified atom stereocenters. The van der Waals surface area contributed by atoms with Crippen LogP contribution in [0.15, 0.2) is 42.5 Å². The molecule has 0 spiro atoms. The van der Waals surface area contributed by atoms with Crippen LogP contribution in [0.3, 0.4) is 0 Å². The number of likely N-dealkylation sites (tertiary alicyclic amines) is 1. The highest BCUT2D eigenvalue weighted by molar-refractivity contribution is 6.03. The Kier molecular flexibility index (Phi) is 8.01. The molecule has 206 valence electrons. The molecule has 0 bridgehead atoms. The molecular formula is C31H38N4O4. The van der Waals surface area contributed by atoms with Gasteiger partial charge < -0.3 is 15.0 Å². The van der Waals surface area contributed by atoms with Gasteiger partial charge in [0.15, 0.2) is 0 Å². The number of anilines is 1. The van der Waals surface area contributed by atoms with E-state index < -0.39 is 23.8 Å². The molecule has 1 fully saturated rings. The molecule has 0 aromatic heterocycles. The summed E-state index contributed by atoms with van der Waals surface area (Å²) in [5.74, 6) is -0.323. The first-order chi connectivity index (χ1) is 18.4. The summed E-state index contributed by atoms with van der Waals surface area (Å²) in [6, 6.07) is 14.4. The Hall–Kier alpha value is -3.86. The Morgan fingerprint density at radius 3 is 2.46 bits per heavy atom. The number of fused-ring (bicyclic) bond motifs is 1. The van der Waals surface area contributed by atoms with Gasteiger partial charge in [0.25, 0.3) is 0 Å². The molecule has 4 atom stereocenters. The van der Waals surface area contributed by atoms with Crippen LogP contribution in [0.2, 0.25) is 0 Å². The Balaban J connectivity index is 1.47. The number of benzene rings is 2. The summed E-state index contributed by atoms with van der Waals surface area (Å²) in [5, 5.41) is 12.7. The van der Waals surface area contributed by atoms with E-state index in [-0.39, 0.29) is 23.8 Å². The molecule has 0 aliphatic carbocycles. The maximum absolute atomic E-state index is 13.5. The molecule has 3 amide bonds. The topological polar surface area (TPSA) is 103 Å². The van der Waals surface area contributed by atoms with Crippen LogP contribution in [-0.2, 0) is 27.2 Å². The van der Waals surface area contributed by atoms with E-state index in [0.29, 0.717) is 12.8 Å². The molecule has 39 heavy (non-hydrogen) atoms. The van der Waals surface area contributed by atoms with Gasteiger partial charge in [0.05, 0.1) is 12.5 Å². The van der Waals surface area contributed by atoms with Crippen molar-refractivity contribution in [2.45, 2.75) is 84.0 Å². The highest BCUT2D eigenvalue weighted by Crippen LogP contribution is 2.36. The van der Waals surface area contributed by atoms with Gasteiger partial charge in [-0.25, -0.2) is 4.79 Å². The van der Waals surface area contributed by atoms with Crippen LogP contribution in [0.1, 0.15) is 58.6 Å². The van der Waals surface area contributed by atoms with Gasteiger partial charge in [-0.1, -0.05) is 43.3 Å². The Morgan fingerprint density at radius 2 is 1.82 bits per heavy atom. The number of likely N-dealkylation sites (N-methyl/N-ethyl adjacent to an activating group) is 1. The smallest absolute Gasteiger partial charge is 0.411 e. The summed E-state index contributed by atoms with van der Waals surface area (Å²) in [6.45, 7) is 9.29. The van der Waals surface area contributed by atoms with E-state index in [1.807, 2.05) is 56.3 Å². The SMILES string of the molecule is C[C@@H]1CC[C@H](C)N(C(=O)OC(C)(C)C)[C@@H]1C(=O)N[C@H](C#N)Cc1ccc(-c2cccc3c2CC(=O)N3C)cc1. The second-order valence-corrected chi connectivity index (χ2v) is 11.8. The number of ether oxygens (including phenoxy) is 1. The van der Waals surface area contributed by atoms with Crippen molar-refractivity contribution in [2.75, 3.05) is 11.9 Å². The van der Waals surface area contributed by atoms with Crippen LogP contribution >= 0.6 is 0 Å². The molecule has 1 saturated heterocycles. The number of nitrogens with one attached hydrogen (secondary N) is 1.